The third-order valence-electron chi connectivity index (χ3n) is 1.98. The van der Waals surface area contributed by atoms with Gasteiger partial charge in [0.25, 0.3) is 10.0 Å². The summed E-state index contributed by atoms with van der Waals surface area (Å²) in [7, 11) is -3.44. The maximum atomic E-state index is 6.22. The summed E-state index contributed by atoms with van der Waals surface area (Å²) in [5, 5.41) is 0. The van der Waals surface area contributed by atoms with Gasteiger partial charge in [0.2, 0.25) is 0 Å². The minimum Gasteiger partial charge on any atom is -0.449 e. The van der Waals surface area contributed by atoms with Crippen LogP contribution in [0.25, 0.3) is 0 Å². The molecule has 0 spiro atoms. The van der Waals surface area contributed by atoms with Gasteiger partial charge in [0.1, 0.15) is 10.5 Å². The summed E-state index contributed by atoms with van der Waals surface area (Å²) in [6.07, 6.45) is 1.14. The molecule has 0 N–H and O–H groups in total. The molecule has 0 bridgehead atoms. The zero-order valence-corrected chi connectivity index (χ0v) is 16.8. The highest BCUT2D eigenvalue weighted by atomic mass is 32.1. The molecule has 0 aliphatic carbocycles. The van der Waals surface area contributed by atoms with E-state index in [1.165, 1.54) is 6.04 Å². The molecule has 0 amide bonds. The zero-order chi connectivity index (χ0) is 11.9. The monoisotopic (exact) mass is 300 g/mol. The third kappa shape index (κ3) is 8.86. The van der Waals surface area contributed by atoms with Gasteiger partial charge in [0, 0.05) is 0 Å². The Hall–Kier alpha value is 1.10. The van der Waals surface area contributed by atoms with Crippen LogP contribution in [0.3, 0.4) is 0 Å². The Kier molecular flexibility index (Phi) is 7.97. The summed E-state index contributed by atoms with van der Waals surface area (Å²) in [4.78, 5) is 0. The molecule has 0 atom stereocenters. The lowest BCUT2D eigenvalue weighted by molar-refractivity contribution is 0.374. The summed E-state index contributed by atoms with van der Waals surface area (Å²) in [6.45, 7) is 8.77. The van der Waals surface area contributed by atoms with Crippen LogP contribution in [0, 0.1) is 0 Å². The number of hydrogen-bond acceptors (Lipinski definition) is 4. The molecule has 0 rings (SSSR count). The zero-order valence-electron chi connectivity index (χ0n) is 10.5. The van der Waals surface area contributed by atoms with Gasteiger partial charge in [0.05, 0.1) is 0 Å². The average Bonchev–Trinajstić information content (AvgIpc) is 2.10. The van der Waals surface area contributed by atoms with Gasteiger partial charge in [-0.25, -0.2) is 0 Å². The van der Waals surface area contributed by atoms with Crippen molar-refractivity contribution in [1.82, 2.24) is 0 Å². The Labute approximate surface area is 107 Å². The molecule has 0 radical (unpaired) electrons. The van der Waals surface area contributed by atoms with Crippen LogP contribution in [0.1, 0.15) is 6.42 Å². The van der Waals surface area contributed by atoms with Crippen LogP contribution in [-0.4, -0.2) is 43.1 Å². The van der Waals surface area contributed by atoms with Gasteiger partial charge in [-0.1, -0.05) is 0 Å². The summed E-state index contributed by atoms with van der Waals surface area (Å²) in [6, 6.07) is 1.17. The predicted molar refractivity (Wildman–Crippen MR) is 80.0 cm³/mol. The van der Waals surface area contributed by atoms with Crippen molar-refractivity contribution in [2.24, 2.45) is 0 Å². The van der Waals surface area contributed by atoms with E-state index >= 15 is 0 Å². The van der Waals surface area contributed by atoms with Crippen LogP contribution in [0.2, 0.25) is 32.2 Å². The molecule has 0 fully saturated rings. The first-order valence-electron chi connectivity index (χ1n) is 5.27. The highest BCUT2D eigenvalue weighted by molar-refractivity contribution is 7.80. The standard InChI is InChI=1S/C7H24O3SSi4/c1-14(2,7-5-6-11)10-15(3,4)9-13-8-12/h11H,5-7,13H2,1-4,12H3. The van der Waals surface area contributed by atoms with Gasteiger partial charge >= 0.3 is 8.56 Å². The molecule has 0 saturated carbocycles. The molecule has 0 aliphatic rings. The van der Waals surface area contributed by atoms with E-state index in [9.17, 15) is 0 Å². The highest BCUT2D eigenvalue weighted by Crippen LogP contribution is 2.20. The van der Waals surface area contributed by atoms with Crippen LogP contribution in [0.15, 0.2) is 0 Å². The summed E-state index contributed by atoms with van der Waals surface area (Å²) < 4.78 is 17.2. The first-order chi connectivity index (χ1) is 6.83. The first kappa shape index (κ1) is 16.1. The van der Waals surface area contributed by atoms with Gasteiger partial charge in [-0.05, 0) is 44.4 Å². The molecule has 8 heteroatoms. The quantitative estimate of drug-likeness (QED) is 0.524. The van der Waals surface area contributed by atoms with Crippen molar-refractivity contribution >= 4 is 50.0 Å². The fourth-order valence-corrected chi connectivity index (χ4v) is 12.1. The number of thiol groups is 1. The third-order valence-corrected chi connectivity index (χ3v) is 12.2. The minimum absolute atomic E-state index is 0.765. The van der Waals surface area contributed by atoms with Gasteiger partial charge in [0.15, 0.2) is 8.32 Å². The molecule has 15 heavy (non-hydrogen) atoms. The lowest BCUT2D eigenvalue weighted by atomic mass is 10.6. The molecule has 0 heterocycles. The molecule has 3 nitrogen and oxygen atoms in total. The molecule has 0 aromatic heterocycles. The van der Waals surface area contributed by atoms with Crippen molar-refractivity contribution < 1.29 is 12.3 Å². The molecule has 92 valence electrons. The van der Waals surface area contributed by atoms with E-state index in [0.29, 0.717) is 0 Å². The van der Waals surface area contributed by atoms with E-state index in [-0.39, 0.29) is 0 Å². The van der Waals surface area contributed by atoms with E-state index < -0.39 is 26.9 Å². The minimum atomic E-state index is -1.91. The van der Waals surface area contributed by atoms with E-state index in [1.54, 1.807) is 0 Å². The molecule has 0 aromatic carbocycles. The Balaban J connectivity index is 4.04. The Morgan fingerprint density at radius 2 is 1.87 bits per heavy atom. The molecular weight excluding hydrogens is 276 g/mol. The second kappa shape index (κ2) is 7.43. The van der Waals surface area contributed by atoms with Crippen LogP contribution >= 0.6 is 12.6 Å². The van der Waals surface area contributed by atoms with E-state index in [4.69, 9.17) is 12.3 Å². The van der Waals surface area contributed by atoms with Gasteiger partial charge in [-0.3, -0.25) is 0 Å². The highest BCUT2D eigenvalue weighted by Gasteiger charge is 2.33. The van der Waals surface area contributed by atoms with E-state index in [0.717, 1.165) is 22.7 Å². The molecule has 0 aromatic rings. The van der Waals surface area contributed by atoms with E-state index in [2.05, 4.69) is 38.8 Å². The number of rotatable bonds is 8. The Morgan fingerprint density at radius 1 is 1.27 bits per heavy atom. The van der Waals surface area contributed by atoms with Gasteiger partial charge < -0.3 is 12.3 Å². The smallest absolute Gasteiger partial charge is 0.312 e. The average molecular weight is 301 g/mol. The predicted octanol–water partition coefficient (Wildman–Crippen LogP) is 0.542. The molecule has 0 saturated heterocycles. The Bertz CT molecular complexity index is 162. The van der Waals surface area contributed by atoms with Crippen LogP contribution < -0.4 is 0 Å². The fourth-order valence-electron chi connectivity index (χ4n) is 1.45. The largest absolute Gasteiger partial charge is 0.449 e. The van der Waals surface area contributed by atoms with Crippen molar-refractivity contribution in [2.75, 3.05) is 5.75 Å². The van der Waals surface area contributed by atoms with Crippen molar-refractivity contribution in [2.45, 2.75) is 38.7 Å². The van der Waals surface area contributed by atoms with Crippen LogP contribution in [-0.2, 0) is 12.3 Å². The SMILES string of the molecule is C[Si](C)(CCCS)O[Si](C)(C)O[SiH2]O[SiH3]. The van der Waals surface area contributed by atoms with Gasteiger partial charge in [-0.15, -0.1) is 0 Å². The topological polar surface area (TPSA) is 27.7 Å². The lowest BCUT2D eigenvalue weighted by Crippen LogP contribution is -2.47. The summed E-state index contributed by atoms with van der Waals surface area (Å²) >= 11 is 4.24. The first-order valence-corrected chi connectivity index (χ1v) is 13.8. The second-order valence-electron chi connectivity index (χ2n) is 4.64. The summed E-state index contributed by atoms with van der Waals surface area (Å²) in [5.74, 6) is 0.945. The summed E-state index contributed by atoms with van der Waals surface area (Å²) in [5.41, 5.74) is 0. The second-order valence-corrected chi connectivity index (χ2v) is 16.4. The van der Waals surface area contributed by atoms with Crippen molar-refractivity contribution in [3.05, 3.63) is 0 Å². The normalized spacial score (nSPS) is 14.2. The maximum Gasteiger partial charge on any atom is 0.312 e. The van der Waals surface area contributed by atoms with E-state index in [1.807, 2.05) is 0 Å². The molecule has 0 unspecified atom stereocenters. The van der Waals surface area contributed by atoms with Crippen molar-refractivity contribution in [3.8, 4) is 0 Å². The fraction of sp³-hybridized carbons (Fsp3) is 1.00. The number of hydrogen-bond donors (Lipinski definition) is 1. The van der Waals surface area contributed by atoms with Crippen molar-refractivity contribution in [3.63, 3.8) is 0 Å². The van der Waals surface area contributed by atoms with Gasteiger partial charge in [-0.2, -0.15) is 12.6 Å². The Morgan fingerprint density at radius 3 is 2.33 bits per heavy atom. The maximum absolute atomic E-state index is 6.22. The lowest BCUT2D eigenvalue weighted by Gasteiger charge is -2.33. The molecule has 0 aliphatic heterocycles. The molecular formula is C7H24O3SSi4. The van der Waals surface area contributed by atoms with Crippen LogP contribution in [0.4, 0.5) is 0 Å². The van der Waals surface area contributed by atoms with Crippen LogP contribution in [0.5, 0.6) is 0 Å². The van der Waals surface area contributed by atoms with Crippen molar-refractivity contribution in [1.29, 1.82) is 0 Å².